The highest BCUT2D eigenvalue weighted by molar-refractivity contribution is 9.11. The molecule has 72 valence electrons. The van der Waals surface area contributed by atoms with E-state index in [4.69, 9.17) is 6.42 Å². The molecule has 0 radical (unpaired) electrons. The Balaban J connectivity index is 2.85. The van der Waals surface area contributed by atoms with E-state index in [1.54, 1.807) is 12.1 Å². The fourth-order valence-corrected chi connectivity index (χ4v) is 2.34. The minimum Gasteiger partial charge on any atom is -0.294 e. The summed E-state index contributed by atoms with van der Waals surface area (Å²) < 4.78 is 1.77. The highest BCUT2D eigenvalue weighted by Gasteiger charge is 2.06. The van der Waals surface area contributed by atoms with Gasteiger partial charge in [0.15, 0.2) is 5.78 Å². The molecule has 1 nitrogen and oxygen atoms in total. The Labute approximate surface area is 100 Å². The number of hydrogen-bond donors (Lipinski definition) is 0. The second-order valence-corrected chi connectivity index (χ2v) is 4.62. The second kappa shape index (κ2) is 5.33. The highest BCUT2D eigenvalue weighted by Crippen LogP contribution is 2.21. The Hall–Kier alpha value is -0.590. The molecule has 0 amide bonds. The number of benzene rings is 1. The minimum absolute atomic E-state index is 0.0740. The van der Waals surface area contributed by atoms with Crippen molar-refractivity contribution in [3.8, 4) is 12.3 Å². The topological polar surface area (TPSA) is 17.1 Å². The van der Waals surface area contributed by atoms with E-state index in [9.17, 15) is 4.79 Å². The lowest BCUT2D eigenvalue weighted by Crippen LogP contribution is -1.98. The lowest BCUT2D eigenvalue weighted by Gasteiger charge is -2.00. The Morgan fingerprint density at radius 2 is 1.86 bits per heavy atom. The standard InChI is InChI=1S/C11H8Br2O/c1-2-3-4-11(14)8-5-9(12)7-10(13)6-8/h1,5-7H,3-4H2. The summed E-state index contributed by atoms with van der Waals surface area (Å²) in [7, 11) is 0. The molecule has 0 aliphatic carbocycles. The molecule has 0 spiro atoms. The second-order valence-electron chi connectivity index (χ2n) is 2.79. The summed E-state index contributed by atoms with van der Waals surface area (Å²) in [6, 6.07) is 5.48. The van der Waals surface area contributed by atoms with Crippen LogP contribution in [0.3, 0.4) is 0 Å². The van der Waals surface area contributed by atoms with Gasteiger partial charge in [0.1, 0.15) is 0 Å². The zero-order chi connectivity index (χ0) is 10.6. The van der Waals surface area contributed by atoms with Gasteiger partial charge in [0.2, 0.25) is 0 Å². The van der Waals surface area contributed by atoms with Gasteiger partial charge in [0.25, 0.3) is 0 Å². The van der Waals surface area contributed by atoms with Gasteiger partial charge in [0.05, 0.1) is 0 Å². The van der Waals surface area contributed by atoms with Crippen molar-refractivity contribution in [1.82, 2.24) is 0 Å². The summed E-state index contributed by atoms with van der Waals surface area (Å²) in [6.45, 7) is 0. The number of terminal acetylenes is 1. The first kappa shape index (κ1) is 11.5. The Morgan fingerprint density at radius 1 is 1.29 bits per heavy atom. The number of ketones is 1. The van der Waals surface area contributed by atoms with Gasteiger partial charge >= 0.3 is 0 Å². The maximum atomic E-state index is 11.6. The monoisotopic (exact) mass is 314 g/mol. The van der Waals surface area contributed by atoms with Crippen LogP contribution < -0.4 is 0 Å². The molecule has 3 heteroatoms. The van der Waals surface area contributed by atoms with Crippen LogP contribution in [0.4, 0.5) is 0 Å². The van der Waals surface area contributed by atoms with Gasteiger partial charge < -0.3 is 0 Å². The van der Waals surface area contributed by atoms with Crippen LogP contribution in [0.25, 0.3) is 0 Å². The van der Waals surface area contributed by atoms with Crippen LogP contribution in [0.1, 0.15) is 23.2 Å². The molecular formula is C11H8Br2O. The molecule has 0 aromatic heterocycles. The maximum absolute atomic E-state index is 11.6. The molecular weight excluding hydrogens is 308 g/mol. The number of hydrogen-bond acceptors (Lipinski definition) is 1. The van der Waals surface area contributed by atoms with Crippen molar-refractivity contribution in [2.24, 2.45) is 0 Å². The molecule has 1 rings (SSSR count). The van der Waals surface area contributed by atoms with E-state index in [2.05, 4.69) is 37.8 Å². The van der Waals surface area contributed by atoms with Gasteiger partial charge in [-0.15, -0.1) is 12.3 Å². The Kier molecular flexibility index (Phi) is 4.37. The van der Waals surface area contributed by atoms with Gasteiger partial charge in [-0.25, -0.2) is 0 Å². The first-order valence-electron chi connectivity index (χ1n) is 4.06. The summed E-state index contributed by atoms with van der Waals surface area (Å²) in [5.74, 6) is 2.53. The molecule has 0 N–H and O–H groups in total. The molecule has 14 heavy (non-hydrogen) atoms. The molecule has 0 saturated heterocycles. The summed E-state index contributed by atoms with van der Waals surface area (Å²) in [6.07, 6.45) is 5.99. The average molecular weight is 316 g/mol. The quantitative estimate of drug-likeness (QED) is 0.612. The largest absolute Gasteiger partial charge is 0.294 e. The SMILES string of the molecule is C#CCCC(=O)c1cc(Br)cc(Br)c1. The summed E-state index contributed by atoms with van der Waals surface area (Å²) in [5, 5.41) is 0. The molecule has 1 aromatic rings. The van der Waals surface area contributed by atoms with E-state index in [0.717, 1.165) is 8.95 Å². The van der Waals surface area contributed by atoms with Crippen LogP contribution in [-0.4, -0.2) is 5.78 Å². The molecule has 0 aliphatic heterocycles. The van der Waals surface area contributed by atoms with Crippen molar-refractivity contribution in [3.05, 3.63) is 32.7 Å². The number of carbonyl (C=O) groups excluding carboxylic acids is 1. The van der Waals surface area contributed by atoms with Crippen molar-refractivity contribution in [2.75, 3.05) is 0 Å². The molecule has 0 atom stereocenters. The number of Topliss-reactive ketones (excluding diaryl/α,β-unsaturated/α-hetero) is 1. The van der Waals surface area contributed by atoms with Gasteiger partial charge in [-0.2, -0.15) is 0 Å². The third kappa shape index (κ3) is 3.28. The van der Waals surface area contributed by atoms with E-state index in [-0.39, 0.29) is 5.78 Å². The fourth-order valence-electron chi connectivity index (χ4n) is 1.04. The molecule has 0 unspecified atom stereocenters. The minimum atomic E-state index is 0.0740. The normalized spacial score (nSPS) is 9.50. The zero-order valence-corrected chi connectivity index (χ0v) is 10.6. The van der Waals surface area contributed by atoms with Crippen LogP contribution in [-0.2, 0) is 0 Å². The third-order valence-electron chi connectivity index (χ3n) is 1.68. The van der Waals surface area contributed by atoms with Crippen molar-refractivity contribution in [2.45, 2.75) is 12.8 Å². The Morgan fingerprint density at radius 3 is 2.36 bits per heavy atom. The molecule has 0 aliphatic rings. The number of rotatable bonds is 3. The van der Waals surface area contributed by atoms with Gasteiger partial charge in [-0.05, 0) is 18.2 Å². The number of carbonyl (C=O) groups is 1. The predicted molar refractivity (Wildman–Crippen MR) is 64.2 cm³/mol. The lowest BCUT2D eigenvalue weighted by atomic mass is 10.1. The maximum Gasteiger partial charge on any atom is 0.163 e. The summed E-state index contributed by atoms with van der Waals surface area (Å²) >= 11 is 6.65. The third-order valence-corrected chi connectivity index (χ3v) is 2.60. The van der Waals surface area contributed by atoms with Crippen LogP contribution in [0.15, 0.2) is 27.1 Å². The zero-order valence-electron chi connectivity index (χ0n) is 7.39. The number of halogens is 2. The van der Waals surface area contributed by atoms with E-state index in [0.29, 0.717) is 18.4 Å². The smallest absolute Gasteiger partial charge is 0.163 e. The van der Waals surface area contributed by atoms with Crippen LogP contribution in [0.2, 0.25) is 0 Å². The Bertz CT molecular complexity index is 371. The van der Waals surface area contributed by atoms with Crippen molar-refractivity contribution in [1.29, 1.82) is 0 Å². The average Bonchev–Trinajstić information content (AvgIpc) is 2.12. The van der Waals surface area contributed by atoms with Crippen molar-refractivity contribution in [3.63, 3.8) is 0 Å². The van der Waals surface area contributed by atoms with E-state index >= 15 is 0 Å². The molecule has 0 heterocycles. The lowest BCUT2D eigenvalue weighted by molar-refractivity contribution is 0.0984. The van der Waals surface area contributed by atoms with E-state index in [1.807, 2.05) is 6.07 Å². The fraction of sp³-hybridized carbons (Fsp3) is 0.182. The van der Waals surface area contributed by atoms with Crippen molar-refractivity contribution >= 4 is 37.6 Å². The van der Waals surface area contributed by atoms with Crippen LogP contribution in [0.5, 0.6) is 0 Å². The van der Waals surface area contributed by atoms with Gasteiger partial charge in [-0.3, -0.25) is 4.79 Å². The van der Waals surface area contributed by atoms with Gasteiger partial charge in [0, 0.05) is 27.4 Å². The molecule has 0 fully saturated rings. The molecule has 0 bridgehead atoms. The molecule has 1 aromatic carbocycles. The van der Waals surface area contributed by atoms with Crippen LogP contribution in [0, 0.1) is 12.3 Å². The summed E-state index contributed by atoms with van der Waals surface area (Å²) in [5.41, 5.74) is 0.682. The van der Waals surface area contributed by atoms with E-state index < -0.39 is 0 Å². The van der Waals surface area contributed by atoms with Crippen LogP contribution >= 0.6 is 31.9 Å². The van der Waals surface area contributed by atoms with Gasteiger partial charge in [-0.1, -0.05) is 31.9 Å². The summed E-state index contributed by atoms with van der Waals surface area (Å²) in [4.78, 5) is 11.6. The van der Waals surface area contributed by atoms with E-state index in [1.165, 1.54) is 0 Å². The van der Waals surface area contributed by atoms with Crippen molar-refractivity contribution < 1.29 is 4.79 Å². The first-order valence-corrected chi connectivity index (χ1v) is 5.65. The molecule has 0 saturated carbocycles. The predicted octanol–water partition coefficient (Wildman–Crippen LogP) is 3.81. The first-order chi connectivity index (χ1) is 6.63. The highest BCUT2D eigenvalue weighted by atomic mass is 79.9.